The highest BCUT2D eigenvalue weighted by Gasteiger charge is 2.19. The van der Waals surface area contributed by atoms with Gasteiger partial charge in [-0.15, -0.1) is 0 Å². The monoisotopic (exact) mass is 324 g/mol. The molecule has 3 heterocycles. The van der Waals surface area contributed by atoms with Crippen molar-refractivity contribution in [1.29, 1.82) is 0 Å². The fourth-order valence-electron chi connectivity index (χ4n) is 2.93. The van der Waals surface area contributed by atoms with Gasteiger partial charge < -0.3 is 15.5 Å². The zero-order valence-electron chi connectivity index (χ0n) is 14.3. The van der Waals surface area contributed by atoms with E-state index in [1.807, 2.05) is 26.4 Å². The molecule has 0 aromatic carbocycles. The summed E-state index contributed by atoms with van der Waals surface area (Å²) < 4.78 is 0. The summed E-state index contributed by atoms with van der Waals surface area (Å²) in [6.07, 6.45) is 8.99. The molecule has 6 heteroatoms. The van der Waals surface area contributed by atoms with Crippen molar-refractivity contribution in [3.05, 3.63) is 42.0 Å². The van der Waals surface area contributed by atoms with Gasteiger partial charge in [-0.3, -0.25) is 4.98 Å². The first-order chi connectivity index (χ1) is 11.7. The summed E-state index contributed by atoms with van der Waals surface area (Å²) in [7, 11) is 1.89. The minimum absolute atomic E-state index is 0.686. The maximum Gasteiger partial charge on any atom is 0.154 e. The zero-order chi connectivity index (χ0) is 16.9. The van der Waals surface area contributed by atoms with Gasteiger partial charge in [-0.05, 0) is 32.3 Å². The average molecular weight is 324 g/mol. The predicted molar refractivity (Wildman–Crippen MR) is 100 cm³/mol. The van der Waals surface area contributed by atoms with Crippen molar-refractivity contribution in [3.8, 4) is 0 Å². The van der Waals surface area contributed by atoms with E-state index in [4.69, 9.17) is 4.99 Å². The van der Waals surface area contributed by atoms with Crippen LogP contribution < -0.4 is 10.6 Å². The van der Waals surface area contributed by atoms with Crippen LogP contribution in [0.3, 0.4) is 0 Å². The summed E-state index contributed by atoms with van der Waals surface area (Å²) in [5.74, 6) is 0.855. The molecule has 0 amide bonds. The van der Waals surface area contributed by atoms with E-state index in [9.17, 15) is 0 Å². The second kappa shape index (κ2) is 7.29. The lowest BCUT2D eigenvalue weighted by Crippen LogP contribution is -2.36. The summed E-state index contributed by atoms with van der Waals surface area (Å²) in [6, 6.07) is 2.06. The van der Waals surface area contributed by atoms with E-state index in [2.05, 4.69) is 38.2 Å². The molecule has 24 heavy (non-hydrogen) atoms. The van der Waals surface area contributed by atoms with Crippen LogP contribution in [0, 0.1) is 6.92 Å². The molecular weight excluding hydrogens is 300 g/mol. The number of hydrogen-bond acceptors (Lipinski definition) is 6. The van der Waals surface area contributed by atoms with Crippen molar-refractivity contribution in [3.63, 3.8) is 0 Å². The molecule has 0 bridgehead atoms. The highest BCUT2D eigenvalue weighted by Crippen LogP contribution is 2.24. The smallest absolute Gasteiger partial charge is 0.154 e. The van der Waals surface area contributed by atoms with Gasteiger partial charge in [0.15, 0.2) is 5.84 Å². The van der Waals surface area contributed by atoms with E-state index in [1.54, 1.807) is 6.34 Å². The molecule has 1 aromatic heterocycles. The maximum absolute atomic E-state index is 4.91. The van der Waals surface area contributed by atoms with E-state index in [-0.39, 0.29) is 0 Å². The van der Waals surface area contributed by atoms with Gasteiger partial charge in [0.2, 0.25) is 0 Å². The van der Waals surface area contributed by atoms with Crippen molar-refractivity contribution in [1.82, 2.24) is 15.2 Å². The number of aromatic nitrogens is 1. The molecule has 1 aromatic rings. The van der Waals surface area contributed by atoms with Crippen LogP contribution in [0.1, 0.15) is 30.5 Å². The van der Waals surface area contributed by atoms with Gasteiger partial charge in [-0.1, -0.05) is 6.58 Å². The first kappa shape index (κ1) is 16.2. The molecule has 3 rings (SSSR count). The van der Waals surface area contributed by atoms with Gasteiger partial charge in [0.05, 0.1) is 23.9 Å². The molecule has 0 saturated carbocycles. The van der Waals surface area contributed by atoms with E-state index in [0.29, 0.717) is 5.70 Å². The van der Waals surface area contributed by atoms with Crippen LogP contribution in [0.5, 0.6) is 0 Å². The molecule has 1 saturated heterocycles. The molecule has 6 nitrogen and oxygen atoms in total. The van der Waals surface area contributed by atoms with Crippen molar-refractivity contribution in [2.24, 2.45) is 9.98 Å². The number of pyridine rings is 1. The molecule has 0 aliphatic carbocycles. The molecule has 2 aliphatic rings. The Bertz CT molecular complexity index is 710. The van der Waals surface area contributed by atoms with Gasteiger partial charge in [0.1, 0.15) is 5.70 Å². The Morgan fingerprint density at radius 2 is 2.04 bits per heavy atom. The van der Waals surface area contributed by atoms with Crippen molar-refractivity contribution in [2.45, 2.75) is 26.2 Å². The standard InChI is InChI=1S/C18H24N6/c1-13-16(9-15(19-3)10-21-13)17-11-20-12-22-14(2)18(23-17)24-7-5-4-6-8-24/h9-12,19H,2,4-8H2,1,3H3,(H,20,22)/b17-11-,23-18+. The highest BCUT2D eigenvalue weighted by atomic mass is 15.2. The van der Waals surface area contributed by atoms with Gasteiger partial charge in [0, 0.05) is 37.6 Å². The van der Waals surface area contributed by atoms with E-state index < -0.39 is 0 Å². The lowest BCUT2D eigenvalue weighted by molar-refractivity contribution is 0.342. The van der Waals surface area contributed by atoms with Crippen molar-refractivity contribution >= 4 is 23.6 Å². The third-order valence-corrected chi connectivity index (χ3v) is 4.31. The number of nitrogens with zero attached hydrogens (tertiary/aromatic N) is 4. The third-order valence-electron chi connectivity index (χ3n) is 4.31. The normalized spacial score (nSPS) is 23.9. The number of hydrogen-bond donors (Lipinski definition) is 2. The van der Waals surface area contributed by atoms with Crippen LogP contribution in [0.15, 0.2) is 40.7 Å². The first-order valence-corrected chi connectivity index (χ1v) is 8.35. The molecule has 126 valence electrons. The second-order valence-corrected chi connectivity index (χ2v) is 5.99. The summed E-state index contributed by atoms with van der Waals surface area (Å²) in [4.78, 5) is 16.0. The Hall–Kier alpha value is -2.63. The van der Waals surface area contributed by atoms with Crippen LogP contribution in [0.2, 0.25) is 0 Å². The minimum atomic E-state index is 0.686. The van der Waals surface area contributed by atoms with Crippen LogP contribution in [0.25, 0.3) is 5.70 Å². The highest BCUT2D eigenvalue weighted by molar-refractivity contribution is 6.02. The SMILES string of the molecule is C=C1/N=C\N/C=C(c2cc(NC)cnc2C)\N=C/1N1CCCCC1. The summed E-state index contributed by atoms with van der Waals surface area (Å²) in [6.45, 7) is 8.09. The Morgan fingerprint density at radius 3 is 2.79 bits per heavy atom. The molecule has 2 aliphatic heterocycles. The molecular formula is C18H24N6. The number of anilines is 1. The van der Waals surface area contributed by atoms with E-state index in [1.165, 1.54) is 19.3 Å². The quantitative estimate of drug-likeness (QED) is 0.878. The van der Waals surface area contributed by atoms with Crippen LogP contribution >= 0.6 is 0 Å². The zero-order valence-corrected chi connectivity index (χ0v) is 14.3. The van der Waals surface area contributed by atoms with Crippen LogP contribution in [0.4, 0.5) is 5.69 Å². The minimum Gasteiger partial charge on any atom is -0.387 e. The van der Waals surface area contributed by atoms with Gasteiger partial charge in [-0.2, -0.15) is 0 Å². The van der Waals surface area contributed by atoms with Crippen molar-refractivity contribution < 1.29 is 0 Å². The Labute approximate surface area is 143 Å². The summed E-state index contributed by atoms with van der Waals surface area (Å²) in [5, 5.41) is 6.20. The fraction of sp³-hybridized carbons (Fsp3) is 0.389. The largest absolute Gasteiger partial charge is 0.387 e. The Morgan fingerprint density at radius 1 is 1.25 bits per heavy atom. The molecule has 2 N–H and O–H groups in total. The Kier molecular flexibility index (Phi) is 4.93. The van der Waals surface area contributed by atoms with Gasteiger partial charge >= 0.3 is 0 Å². The predicted octanol–water partition coefficient (Wildman–Crippen LogP) is 2.76. The summed E-state index contributed by atoms with van der Waals surface area (Å²) >= 11 is 0. The topological polar surface area (TPSA) is 64.9 Å². The lowest BCUT2D eigenvalue weighted by Gasteiger charge is -2.30. The molecule has 0 unspecified atom stereocenters. The van der Waals surface area contributed by atoms with Crippen molar-refractivity contribution in [2.75, 3.05) is 25.5 Å². The molecule has 0 atom stereocenters. The molecule has 1 fully saturated rings. The number of piperidine rings is 1. The van der Waals surface area contributed by atoms with Gasteiger partial charge in [0.25, 0.3) is 0 Å². The first-order valence-electron chi connectivity index (χ1n) is 8.35. The van der Waals surface area contributed by atoms with Crippen LogP contribution in [-0.4, -0.2) is 42.2 Å². The Balaban J connectivity index is 2.03. The van der Waals surface area contributed by atoms with Gasteiger partial charge in [-0.25, -0.2) is 9.98 Å². The molecule has 0 spiro atoms. The molecule has 0 radical (unpaired) electrons. The summed E-state index contributed by atoms with van der Waals surface area (Å²) in [5.41, 5.74) is 4.41. The lowest BCUT2D eigenvalue weighted by atomic mass is 10.1. The average Bonchev–Trinajstić information content (AvgIpc) is 2.60. The number of likely N-dealkylation sites (tertiary alicyclic amines) is 1. The van der Waals surface area contributed by atoms with Crippen LogP contribution in [-0.2, 0) is 0 Å². The number of rotatable bonds is 2. The third kappa shape index (κ3) is 3.48. The number of aliphatic imine (C=N–C) groups is 2. The fourth-order valence-corrected chi connectivity index (χ4v) is 2.93. The maximum atomic E-state index is 4.91. The number of amidine groups is 1. The second-order valence-electron chi connectivity index (χ2n) is 5.99. The van der Waals surface area contributed by atoms with E-state index in [0.717, 1.165) is 41.6 Å². The number of nitrogens with one attached hydrogen (secondary N) is 2. The van der Waals surface area contributed by atoms with E-state index >= 15 is 0 Å². The number of aryl methyl sites for hydroxylation is 1.